The van der Waals surface area contributed by atoms with Gasteiger partial charge in [-0.2, -0.15) is 0 Å². The van der Waals surface area contributed by atoms with E-state index in [1.54, 1.807) is 12.1 Å². The number of nitrogen functional groups attached to an aromatic ring is 1. The van der Waals surface area contributed by atoms with E-state index in [9.17, 15) is 4.39 Å². The van der Waals surface area contributed by atoms with Crippen molar-refractivity contribution in [2.45, 2.75) is 25.7 Å². The number of hydrogen-bond donors (Lipinski definition) is 2. The third-order valence-electron chi connectivity index (χ3n) is 3.51. The van der Waals surface area contributed by atoms with E-state index in [4.69, 9.17) is 11.1 Å². The van der Waals surface area contributed by atoms with Crippen molar-refractivity contribution in [2.24, 2.45) is 5.73 Å². The van der Waals surface area contributed by atoms with Crippen LogP contribution in [0.25, 0.3) is 10.9 Å². The first-order chi connectivity index (χ1) is 8.68. The van der Waals surface area contributed by atoms with Gasteiger partial charge in [-0.25, -0.2) is 9.37 Å². The zero-order valence-corrected chi connectivity index (χ0v) is 9.96. The largest absolute Gasteiger partial charge is 0.384 e. The molecule has 1 aromatic heterocycles. The minimum absolute atomic E-state index is 0.00569. The molecular formula is C14H14FN3. The molecule has 2 aromatic rings. The summed E-state index contributed by atoms with van der Waals surface area (Å²) in [6.07, 6.45) is 3.87. The summed E-state index contributed by atoms with van der Waals surface area (Å²) in [4.78, 5) is 4.43. The van der Waals surface area contributed by atoms with E-state index >= 15 is 0 Å². The van der Waals surface area contributed by atoms with E-state index in [0.717, 1.165) is 36.9 Å². The molecule has 18 heavy (non-hydrogen) atoms. The van der Waals surface area contributed by atoms with Crippen molar-refractivity contribution in [3.8, 4) is 0 Å². The predicted molar refractivity (Wildman–Crippen MR) is 69.4 cm³/mol. The van der Waals surface area contributed by atoms with Gasteiger partial charge in [-0.1, -0.05) is 12.1 Å². The third kappa shape index (κ3) is 1.56. The maximum absolute atomic E-state index is 13.8. The monoisotopic (exact) mass is 243 g/mol. The highest BCUT2D eigenvalue weighted by Gasteiger charge is 2.20. The molecular weight excluding hydrogens is 229 g/mol. The molecule has 0 atom stereocenters. The number of aromatic nitrogens is 1. The third-order valence-corrected chi connectivity index (χ3v) is 3.51. The molecule has 0 amide bonds. The summed E-state index contributed by atoms with van der Waals surface area (Å²) in [7, 11) is 0. The van der Waals surface area contributed by atoms with Crippen LogP contribution >= 0.6 is 0 Å². The molecule has 1 aromatic carbocycles. The fourth-order valence-electron chi connectivity index (χ4n) is 2.72. The number of amidine groups is 1. The van der Waals surface area contributed by atoms with Gasteiger partial charge in [0.1, 0.15) is 17.2 Å². The number of hydrogen-bond acceptors (Lipinski definition) is 2. The minimum atomic E-state index is -0.344. The molecule has 1 aliphatic rings. The topological polar surface area (TPSA) is 62.8 Å². The molecule has 3 nitrogen and oxygen atoms in total. The predicted octanol–water partition coefficient (Wildman–Crippen LogP) is 2.54. The second-order valence-corrected chi connectivity index (χ2v) is 4.67. The molecule has 0 bridgehead atoms. The Labute approximate surface area is 104 Å². The highest BCUT2D eigenvalue weighted by atomic mass is 19.1. The van der Waals surface area contributed by atoms with Crippen molar-refractivity contribution < 1.29 is 4.39 Å². The SMILES string of the molecule is N=C(N)c1c2c(nc3c(F)cccc13)CCCC2. The lowest BCUT2D eigenvalue weighted by Gasteiger charge is -2.20. The summed E-state index contributed by atoms with van der Waals surface area (Å²) < 4.78 is 13.8. The Hall–Kier alpha value is -1.97. The maximum Gasteiger partial charge on any atom is 0.149 e. The van der Waals surface area contributed by atoms with Crippen LogP contribution in [0.3, 0.4) is 0 Å². The Kier molecular flexibility index (Phi) is 2.51. The standard InChI is InChI=1S/C14H14FN3/c15-10-6-3-5-9-12(14(16)17)8-4-1-2-7-11(8)18-13(9)10/h3,5-6H,1-2,4,7H2,(H3,16,17). The molecule has 0 saturated heterocycles. The van der Waals surface area contributed by atoms with Crippen LogP contribution in [0, 0.1) is 11.2 Å². The molecule has 0 radical (unpaired) electrons. The Morgan fingerprint density at radius 1 is 1.28 bits per heavy atom. The fourth-order valence-corrected chi connectivity index (χ4v) is 2.72. The van der Waals surface area contributed by atoms with Crippen LogP contribution in [0.4, 0.5) is 4.39 Å². The van der Waals surface area contributed by atoms with E-state index < -0.39 is 0 Å². The summed E-state index contributed by atoms with van der Waals surface area (Å²) in [5.41, 5.74) is 8.64. The van der Waals surface area contributed by atoms with Crippen LogP contribution < -0.4 is 5.73 Å². The summed E-state index contributed by atoms with van der Waals surface area (Å²) in [6, 6.07) is 4.83. The molecule has 0 saturated carbocycles. The van der Waals surface area contributed by atoms with Crippen LogP contribution in [0.5, 0.6) is 0 Å². The normalized spacial score (nSPS) is 14.5. The van der Waals surface area contributed by atoms with Crippen molar-refractivity contribution in [2.75, 3.05) is 0 Å². The smallest absolute Gasteiger partial charge is 0.149 e. The molecule has 1 aliphatic carbocycles. The molecule has 3 rings (SSSR count). The molecule has 0 aliphatic heterocycles. The molecule has 92 valence electrons. The van der Waals surface area contributed by atoms with Crippen LogP contribution in [-0.2, 0) is 12.8 Å². The van der Waals surface area contributed by atoms with E-state index in [0.29, 0.717) is 16.5 Å². The number of rotatable bonds is 1. The van der Waals surface area contributed by atoms with E-state index in [-0.39, 0.29) is 11.7 Å². The van der Waals surface area contributed by atoms with E-state index in [1.165, 1.54) is 6.07 Å². The first-order valence-electron chi connectivity index (χ1n) is 6.13. The molecule has 3 N–H and O–H groups in total. The number of pyridine rings is 1. The van der Waals surface area contributed by atoms with Gasteiger partial charge in [0, 0.05) is 16.6 Å². The first-order valence-corrected chi connectivity index (χ1v) is 6.13. The Bertz CT molecular complexity index is 649. The lowest BCUT2D eigenvalue weighted by atomic mass is 9.89. The van der Waals surface area contributed by atoms with E-state index in [2.05, 4.69) is 4.98 Å². The number of nitrogens with zero attached hydrogens (tertiary/aromatic N) is 1. The second kappa shape index (κ2) is 4.05. The highest BCUT2D eigenvalue weighted by Crippen LogP contribution is 2.29. The van der Waals surface area contributed by atoms with Crippen molar-refractivity contribution >= 4 is 16.7 Å². The van der Waals surface area contributed by atoms with Gasteiger partial charge in [-0.05, 0) is 37.3 Å². The molecule has 1 heterocycles. The summed E-state index contributed by atoms with van der Waals surface area (Å²) in [5, 5.41) is 8.41. The fraction of sp³-hybridized carbons (Fsp3) is 0.286. The lowest BCUT2D eigenvalue weighted by Crippen LogP contribution is -2.19. The Balaban J connectivity index is 2.44. The lowest BCUT2D eigenvalue weighted by molar-refractivity contribution is 0.631. The summed E-state index contributed by atoms with van der Waals surface area (Å²) in [5.74, 6) is -0.338. The number of para-hydroxylation sites is 1. The van der Waals surface area contributed by atoms with Crippen LogP contribution in [0.2, 0.25) is 0 Å². The molecule has 0 fully saturated rings. The van der Waals surface area contributed by atoms with Crippen LogP contribution in [0.15, 0.2) is 18.2 Å². The minimum Gasteiger partial charge on any atom is -0.384 e. The van der Waals surface area contributed by atoms with E-state index in [1.807, 2.05) is 0 Å². The zero-order chi connectivity index (χ0) is 12.7. The molecule has 0 unspecified atom stereocenters. The van der Waals surface area contributed by atoms with Crippen LogP contribution in [0.1, 0.15) is 29.7 Å². The number of aryl methyl sites for hydroxylation is 1. The van der Waals surface area contributed by atoms with Gasteiger partial charge in [0.15, 0.2) is 0 Å². The zero-order valence-electron chi connectivity index (χ0n) is 9.96. The number of nitrogens with two attached hydrogens (primary N) is 1. The highest BCUT2D eigenvalue weighted by molar-refractivity contribution is 6.08. The van der Waals surface area contributed by atoms with Gasteiger partial charge in [-0.15, -0.1) is 0 Å². The van der Waals surface area contributed by atoms with Gasteiger partial charge in [-0.3, -0.25) is 5.41 Å². The summed E-state index contributed by atoms with van der Waals surface area (Å²) in [6.45, 7) is 0. The maximum atomic E-state index is 13.8. The molecule has 0 spiro atoms. The van der Waals surface area contributed by atoms with Gasteiger partial charge in [0.05, 0.1) is 0 Å². The van der Waals surface area contributed by atoms with Crippen molar-refractivity contribution in [3.63, 3.8) is 0 Å². The number of nitrogens with one attached hydrogen (secondary N) is 1. The van der Waals surface area contributed by atoms with Gasteiger partial charge in [0.25, 0.3) is 0 Å². The van der Waals surface area contributed by atoms with Crippen molar-refractivity contribution in [1.82, 2.24) is 4.98 Å². The van der Waals surface area contributed by atoms with Gasteiger partial charge < -0.3 is 5.73 Å². The average Bonchev–Trinajstić information content (AvgIpc) is 2.36. The Morgan fingerprint density at radius 2 is 2.06 bits per heavy atom. The van der Waals surface area contributed by atoms with Crippen molar-refractivity contribution in [1.29, 1.82) is 5.41 Å². The quantitative estimate of drug-likeness (QED) is 0.597. The van der Waals surface area contributed by atoms with Gasteiger partial charge >= 0.3 is 0 Å². The molecule has 4 heteroatoms. The van der Waals surface area contributed by atoms with Gasteiger partial charge in [0.2, 0.25) is 0 Å². The average molecular weight is 243 g/mol. The first kappa shape index (κ1) is 11.1. The van der Waals surface area contributed by atoms with Crippen LogP contribution in [-0.4, -0.2) is 10.8 Å². The number of halogens is 1. The van der Waals surface area contributed by atoms with Crippen molar-refractivity contribution in [3.05, 3.63) is 40.8 Å². The number of fused-ring (bicyclic) bond motifs is 2. The summed E-state index contributed by atoms with van der Waals surface area (Å²) >= 11 is 0. The Morgan fingerprint density at radius 3 is 2.83 bits per heavy atom. The second-order valence-electron chi connectivity index (χ2n) is 4.67. The number of benzene rings is 1.